The predicted octanol–water partition coefficient (Wildman–Crippen LogP) is 6.01. The zero-order chi connectivity index (χ0) is 23.9. The van der Waals surface area contributed by atoms with Gasteiger partial charge in [0, 0.05) is 25.2 Å². The molecule has 1 saturated carbocycles. The van der Waals surface area contributed by atoms with Gasteiger partial charge in [-0.3, -0.25) is 9.36 Å². The van der Waals surface area contributed by atoms with Crippen LogP contribution in [0.15, 0.2) is 71.5 Å². The van der Waals surface area contributed by atoms with E-state index in [0.29, 0.717) is 31.6 Å². The Morgan fingerprint density at radius 1 is 0.941 bits per heavy atom. The Kier molecular flexibility index (Phi) is 5.77. The summed E-state index contributed by atoms with van der Waals surface area (Å²) in [6.07, 6.45) is -3.67. The van der Waals surface area contributed by atoms with Crippen molar-refractivity contribution in [3.63, 3.8) is 0 Å². The van der Waals surface area contributed by atoms with E-state index in [2.05, 4.69) is 9.97 Å². The summed E-state index contributed by atoms with van der Waals surface area (Å²) >= 11 is 6.35. The molecule has 4 aromatic rings. The van der Waals surface area contributed by atoms with Crippen LogP contribution in [0.5, 0.6) is 0 Å². The molecule has 9 heteroatoms. The van der Waals surface area contributed by atoms with Crippen molar-refractivity contribution in [2.24, 2.45) is 0 Å². The number of pyridine rings is 1. The molecule has 2 heterocycles. The van der Waals surface area contributed by atoms with Crippen molar-refractivity contribution in [1.29, 1.82) is 0 Å². The fourth-order valence-corrected chi connectivity index (χ4v) is 4.24. The Hall–Kier alpha value is -3.39. The number of fused-ring (bicyclic) bond motifs is 1. The molecule has 0 aliphatic heterocycles. The number of anilines is 1. The number of halogens is 4. The lowest BCUT2D eigenvalue weighted by Crippen LogP contribution is -2.32. The predicted molar refractivity (Wildman–Crippen MR) is 125 cm³/mol. The molecule has 2 aromatic carbocycles. The number of benzene rings is 2. The zero-order valence-corrected chi connectivity index (χ0v) is 18.7. The molecule has 1 aliphatic carbocycles. The monoisotopic (exact) mass is 484 g/mol. The second kappa shape index (κ2) is 8.76. The highest BCUT2D eigenvalue weighted by atomic mass is 35.5. The van der Waals surface area contributed by atoms with Crippen LogP contribution in [-0.2, 0) is 19.3 Å². The van der Waals surface area contributed by atoms with Crippen LogP contribution >= 0.6 is 11.6 Å². The van der Waals surface area contributed by atoms with Crippen LogP contribution in [0.25, 0.3) is 11.2 Å². The largest absolute Gasteiger partial charge is 0.438 e. The maximum Gasteiger partial charge on any atom is 0.438 e. The lowest BCUT2D eigenvalue weighted by molar-refractivity contribution is -0.142. The van der Waals surface area contributed by atoms with E-state index < -0.39 is 17.4 Å². The van der Waals surface area contributed by atoms with Crippen molar-refractivity contribution in [2.45, 2.75) is 38.1 Å². The van der Waals surface area contributed by atoms with E-state index in [4.69, 9.17) is 11.6 Å². The van der Waals surface area contributed by atoms with E-state index in [-0.39, 0.29) is 22.4 Å². The van der Waals surface area contributed by atoms with Gasteiger partial charge in [-0.25, -0.2) is 9.97 Å². The Bertz CT molecular complexity index is 1350. The van der Waals surface area contributed by atoms with Gasteiger partial charge in [-0.1, -0.05) is 72.3 Å². The van der Waals surface area contributed by atoms with Crippen molar-refractivity contribution >= 4 is 28.5 Å². The zero-order valence-electron chi connectivity index (χ0n) is 18.0. The second-order valence-electron chi connectivity index (χ2n) is 8.33. The third kappa shape index (κ3) is 4.50. The molecule has 2 aromatic heterocycles. The molecule has 5 rings (SSSR count). The summed E-state index contributed by atoms with van der Waals surface area (Å²) in [7, 11) is 0. The third-order valence-electron chi connectivity index (χ3n) is 5.75. The van der Waals surface area contributed by atoms with E-state index in [9.17, 15) is 18.0 Å². The van der Waals surface area contributed by atoms with E-state index >= 15 is 0 Å². The van der Waals surface area contributed by atoms with Gasteiger partial charge in [0.1, 0.15) is 10.7 Å². The first-order valence-electron chi connectivity index (χ1n) is 10.8. The molecule has 1 fully saturated rings. The van der Waals surface area contributed by atoms with Crippen molar-refractivity contribution in [3.8, 4) is 0 Å². The van der Waals surface area contributed by atoms with Gasteiger partial charge in [0.05, 0.1) is 5.69 Å². The molecule has 0 spiro atoms. The highest BCUT2D eigenvalue weighted by Crippen LogP contribution is 2.39. The molecular formula is C25H20ClF3N4O. The van der Waals surface area contributed by atoms with E-state index in [1.807, 2.05) is 65.6 Å². The fraction of sp³-hybridized carbons (Fsp3) is 0.240. The fourth-order valence-electron chi connectivity index (χ4n) is 4.06. The SMILES string of the molecule is O=c1c(C(F)(F)F)nc2c(N(Cc3ccccc3)Cc3ccccc3)cc(Cl)nc2n1C1CC1. The van der Waals surface area contributed by atoms with Crippen LogP contribution in [-0.4, -0.2) is 14.5 Å². The van der Waals surface area contributed by atoms with Crippen LogP contribution in [0, 0.1) is 0 Å². The maximum absolute atomic E-state index is 13.8. The molecule has 1 aliphatic rings. The summed E-state index contributed by atoms with van der Waals surface area (Å²) in [4.78, 5) is 22.8. The quantitative estimate of drug-likeness (QED) is 0.315. The first-order chi connectivity index (χ1) is 16.3. The molecule has 0 atom stereocenters. The highest BCUT2D eigenvalue weighted by molar-refractivity contribution is 6.30. The minimum Gasteiger partial charge on any atom is -0.361 e. The average Bonchev–Trinajstić information content (AvgIpc) is 3.63. The first kappa shape index (κ1) is 22.4. The number of rotatable bonds is 6. The van der Waals surface area contributed by atoms with Gasteiger partial charge in [0.25, 0.3) is 5.56 Å². The summed E-state index contributed by atoms with van der Waals surface area (Å²) < 4.78 is 42.5. The average molecular weight is 485 g/mol. The molecule has 174 valence electrons. The molecular weight excluding hydrogens is 465 g/mol. The number of nitrogens with zero attached hydrogens (tertiary/aromatic N) is 4. The van der Waals surface area contributed by atoms with Crippen molar-refractivity contribution in [2.75, 3.05) is 4.90 Å². The van der Waals surface area contributed by atoms with Crippen LogP contribution in [0.3, 0.4) is 0 Å². The lowest BCUT2D eigenvalue weighted by Gasteiger charge is -2.27. The lowest BCUT2D eigenvalue weighted by atomic mass is 10.1. The van der Waals surface area contributed by atoms with Gasteiger partial charge in [0.2, 0.25) is 5.69 Å². The van der Waals surface area contributed by atoms with Crippen LogP contribution in [0.2, 0.25) is 5.15 Å². The Morgan fingerprint density at radius 3 is 2.00 bits per heavy atom. The van der Waals surface area contributed by atoms with Gasteiger partial charge in [-0.15, -0.1) is 0 Å². The molecule has 0 radical (unpaired) electrons. The third-order valence-corrected chi connectivity index (χ3v) is 5.94. The summed E-state index contributed by atoms with van der Waals surface area (Å²) in [5.74, 6) is 0. The van der Waals surface area contributed by atoms with Gasteiger partial charge in [-0.05, 0) is 24.0 Å². The minimum atomic E-state index is -4.89. The summed E-state index contributed by atoms with van der Waals surface area (Å²) in [6, 6.07) is 20.3. The van der Waals surface area contributed by atoms with Crippen molar-refractivity contribution in [3.05, 3.63) is 99.1 Å². The molecule has 5 nitrogen and oxygen atoms in total. The normalized spacial score (nSPS) is 13.9. The number of hydrogen-bond donors (Lipinski definition) is 0. The number of alkyl halides is 3. The second-order valence-corrected chi connectivity index (χ2v) is 8.72. The summed E-state index contributed by atoms with van der Waals surface area (Å²) in [5, 5.41) is 0.0870. The first-order valence-corrected chi connectivity index (χ1v) is 11.2. The molecule has 0 bridgehead atoms. The molecule has 0 N–H and O–H groups in total. The Morgan fingerprint density at radius 2 is 1.50 bits per heavy atom. The smallest absolute Gasteiger partial charge is 0.361 e. The molecule has 0 unspecified atom stereocenters. The van der Waals surface area contributed by atoms with Gasteiger partial charge < -0.3 is 4.90 Å². The topological polar surface area (TPSA) is 51.0 Å². The van der Waals surface area contributed by atoms with Gasteiger partial charge in [0.15, 0.2) is 5.65 Å². The van der Waals surface area contributed by atoms with E-state index in [1.165, 1.54) is 6.07 Å². The van der Waals surface area contributed by atoms with Crippen LogP contribution in [0.1, 0.15) is 35.7 Å². The number of aromatic nitrogens is 3. The Balaban J connectivity index is 1.74. The molecule has 34 heavy (non-hydrogen) atoms. The van der Waals surface area contributed by atoms with Crippen molar-refractivity contribution < 1.29 is 13.2 Å². The highest BCUT2D eigenvalue weighted by Gasteiger charge is 2.40. The van der Waals surface area contributed by atoms with Crippen LogP contribution in [0.4, 0.5) is 18.9 Å². The summed E-state index contributed by atoms with van der Waals surface area (Å²) in [5.41, 5.74) is -0.207. The number of hydrogen-bond acceptors (Lipinski definition) is 4. The van der Waals surface area contributed by atoms with Gasteiger partial charge >= 0.3 is 6.18 Å². The Labute approximate surface area is 198 Å². The van der Waals surface area contributed by atoms with Crippen molar-refractivity contribution in [1.82, 2.24) is 14.5 Å². The molecule has 0 saturated heterocycles. The van der Waals surface area contributed by atoms with Gasteiger partial charge in [-0.2, -0.15) is 13.2 Å². The molecule has 0 amide bonds. The summed E-state index contributed by atoms with van der Waals surface area (Å²) in [6.45, 7) is 0.799. The van der Waals surface area contributed by atoms with E-state index in [1.54, 1.807) is 0 Å². The van der Waals surface area contributed by atoms with Crippen LogP contribution < -0.4 is 10.5 Å². The minimum absolute atomic E-state index is 0.00934. The standard InChI is InChI=1S/C25H20ClF3N4O/c26-20-13-19(32(14-16-7-3-1-4-8-16)15-17-9-5-2-6-10-17)21-23(30-20)33(18-11-12-18)24(34)22(31-21)25(27,28)29/h1-10,13,18H,11-12,14-15H2. The maximum atomic E-state index is 13.8. The van der Waals surface area contributed by atoms with E-state index in [0.717, 1.165) is 15.7 Å².